The number of hydrogen-bond donors (Lipinski definition) is 1. The number of halogens is 2. The molecule has 5 nitrogen and oxygen atoms in total. The van der Waals surface area contributed by atoms with E-state index in [4.69, 9.17) is 4.74 Å². The second-order valence-electron chi connectivity index (χ2n) is 7.05. The van der Waals surface area contributed by atoms with Crippen molar-refractivity contribution in [1.29, 1.82) is 0 Å². The molecular weight excluding hydrogens is 340 g/mol. The zero-order valence-electron chi connectivity index (χ0n) is 15.0. The van der Waals surface area contributed by atoms with Gasteiger partial charge >= 0.3 is 0 Å². The van der Waals surface area contributed by atoms with Gasteiger partial charge in [-0.15, -0.1) is 0 Å². The first-order valence-electron chi connectivity index (χ1n) is 8.91. The third-order valence-electron chi connectivity index (χ3n) is 4.65. The lowest BCUT2D eigenvalue weighted by Crippen LogP contribution is -2.31. The quantitative estimate of drug-likeness (QED) is 0.780. The Hall–Kier alpha value is -2.31. The highest BCUT2D eigenvalue weighted by atomic mass is 19.3. The number of carbonyl (C=O) groups is 1. The molecular formula is C19H23F2N3O2. The van der Waals surface area contributed by atoms with Gasteiger partial charge in [-0.05, 0) is 30.9 Å². The van der Waals surface area contributed by atoms with Gasteiger partial charge in [0.15, 0.2) is 5.78 Å². The first kappa shape index (κ1) is 18.5. The van der Waals surface area contributed by atoms with E-state index in [1.807, 2.05) is 26.1 Å². The van der Waals surface area contributed by atoms with Gasteiger partial charge in [0.1, 0.15) is 18.1 Å². The van der Waals surface area contributed by atoms with Crippen LogP contribution < -0.4 is 4.74 Å². The SMILES string of the molecule is CC(C)C(=O)/C=C/Cc1c[nH]c2ncnc(OC3CCC(F)(F)CC3)c12. The summed E-state index contributed by atoms with van der Waals surface area (Å²) in [5.74, 6) is -2.15. The first-order valence-corrected chi connectivity index (χ1v) is 8.91. The molecule has 1 aliphatic rings. The van der Waals surface area contributed by atoms with E-state index in [1.54, 1.807) is 6.08 Å². The molecule has 0 amide bonds. The summed E-state index contributed by atoms with van der Waals surface area (Å²) in [7, 11) is 0. The normalized spacial score (nSPS) is 18.0. The molecule has 1 fully saturated rings. The average Bonchev–Trinajstić information content (AvgIpc) is 3.01. The monoisotopic (exact) mass is 363 g/mol. The van der Waals surface area contributed by atoms with Crippen molar-refractivity contribution in [1.82, 2.24) is 15.0 Å². The fraction of sp³-hybridized carbons (Fsp3) is 0.526. The summed E-state index contributed by atoms with van der Waals surface area (Å²) in [6.07, 6.45) is 7.15. The predicted molar refractivity (Wildman–Crippen MR) is 94.4 cm³/mol. The Morgan fingerprint density at radius 2 is 2.12 bits per heavy atom. The second-order valence-corrected chi connectivity index (χ2v) is 7.05. The van der Waals surface area contributed by atoms with E-state index in [0.717, 1.165) is 10.9 Å². The van der Waals surface area contributed by atoms with Gasteiger partial charge in [0.05, 0.1) is 5.39 Å². The minimum atomic E-state index is -2.59. The van der Waals surface area contributed by atoms with Crippen LogP contribution in [0.4, 0.5) is 8.78 Å². The van der Waals surface area contributed by atoms with Gasteiger partial charge < -0.3 is 9.72 Å². The van der Waals surface area contributed by atoms with E-state index in [1.165, 1.54) is 6.33 Å². The third kappa shape index (κ3) is 4.26. The Morgan fingerprint density at radius 3 is 2.81 bits per heavy atom. The number of fused-ring (bicyclic) bond motifs is 1. The van der Waals surface area contributed by atoms with Crippen LogP contribution in [-0.4, -0.2) is 32.8 Å². The minimum Gasteiger partial charge on any atom is -0.474 e. The summed E-state index contributed by atoms with van der Waals surface area (Å²) >= 11 is 0. The lowest BCUT2D eigenvalue weighted by atomic mass is 9.94. The minimum absolute atomic E-state index is 0.0409. The van der Waals surface area contributed by atoms with Crippen molar-refractivity contribution < 1.29 is 18.3 Å². The number of hydrogen-bond acceptors (Lipinski definition) is 4. The van der Waals surface area contributed by atoms with Gasteiger partial charge in [-0.3, -0.25) is 4.79 Å². The smallest absolute Gasteiger partial charge is 0.248 e. The summed E-state index contributed by atoms with van der Waals surface area (Å²) in [4.78, 5) is 23.2. The van der Waals surface area contributed by atoms with Gasteiger partial charge in [-0.25, -0.2) is 18.7 Å². The number of aromatic amines is 1. The van der Waals surface area contributed by atoms with Crippen LogP contribution >= 0.6 is 0 Å². The largest absolute Gasteiger partial charge is 0.474 e. The highest BCUT2D eigenvalue weighted by Gasteiger charge is 2.36. The summed E-state index contributed by atoms with van der Waals surface area (Å²) in [5.41, 5.74) is 1.54. The number of allylic oxidation sites excluding steroid dienone is 2. The molecule has 0 atom stereocenters. The number of H-pyrrole nitrogens is 1. The van der Waals surface area contributed by atoms with E-state index in [0.29, 0.717) is 30.8 Å². The number of rotatable bonds is 6. The van der Waals surface area contributed by atoms with Crippen LogP contribution in [0.1, 0.15) is 45.1 Å². The molecule has 140 valence electrons. The van der Waals surface area contributed by atoms with Crippen LogP contribution in [0.15, 0.2) is 24.7 Å². The Bertz CT molecular complexity index is 804. The molecule has 0 saturated heterocycles. The van der Waals surface area contributed by atoms with Crippen molar-refractivity contribution in [2.45, 2.75) is 58.0 Å². The van der Waals surface area contributed by atoms with Gasteiger partial charge in [-0.2, -0.15) is 0 Å². The van der Waals surface area contributed by atoms with Crippen LogP contribution in [0, 0.1) is 5.92 Å². The van der Waals surface area contributed by atoms with Crippen molar-refractivity contribution in [3.63, 3.8) is 0 Å². The highest BCUT2D eigenvalue weighted by Crippen LogP contribution is 2.36. The summed E-state index contributed by atoms with van der Waals surface area (Å²) in [6.45, 7) is 3.71. The van der Waals surface area contributed by atoms with Crippen LogP contribution in [0.2, 0.25) is 0 Å². The molecule has 3 rings (SSSR count). The fourth-order valence-corrected chi connectivity index (χ4v) is 3.03. The zero-order chi connectivity index (χ0) is 18.7. The molecule has 0 aliphatic heterocycles. The summed E-state index contributed by atoms with van der Waals surface area (Å²) < 4.78 is 32.6. The Labute approximate surface area is 150 Å². The molecule has 2 heterocycles. The van der Waals surface area contributed by atoms with E-state index >= 15 is 0 Å². The second kappa shape index (κ2) is 7.51. The van der Waals surface area contributed by atoms with Crippen LogP contribution in [0.25, 0.3) is 11.0 Å². The fourth-order valence-electron chi connectivity index (χ4n) is 3.03. The molecule has 7 heteroatoms. The molecule has 1 N–H and O–H groups in total. The lowest BCUT2D eigenvalue weighted by molar-refractivity contribution is -0.117. The van der Waals surface area contributed by atoms with E-state index in [-0.39, 0.29) is 30.6 Å². The number of aromatic nitrogens is 3. The van der Waals surface area contributed by atoms with Crippen LogP contribution in [-0.2, 0) is 11.2 Å². The molecule has 0 aromatic carbocycles. The number of ether oxygens (including phenoxy) is 1. The average molecular weight is 363 g/mol. The highest BCUT2D eigenvalue weighted by molar-refractivity contribution is 5.91. The van der Waals surface area contributed by atoms with Gasteiger partial charge in [0.2, 0.25) is 11.8 Å². The summed E-state index contributed by atoms with van der Waals surface area (Å²) in [5, 5.41) is 0.742. The predicted octanol–water partition coefficient (Wildman–Crippen LogP) is 4.24. The molecule has 0 spiro atoms. The molecule has 1 saturated carbocycles. The van der Waals surface area contributed by atoms with Gasteiger partial charge in [0.25, 0.3) is 0 Å². The molecule has 0 radical (unpaired) electrons. The number of carbonyl (C=O) groups excluding carboxylic acids is 1. The third-order valence-corrected chi connectivity index (χ3v) is 4.65. The summed E-state index contributed by atoms with van der Waals surface area (Å²) in [6, 6.07) is 0. The zero-order valence-corrected chi connectivity index (χ0v) is 15.0. The molecule has 26 heavy (non-hydrogen) atoms. The van der Waals surface area contributed by atoms with Crippen molar-refractivity contribution in [2.75, 3.05) is 0 Å². The molecule has 1 aliphatic carbocycles. The van der Waals surface area contributed by atoms with Crippen molar-refractivity contribution in [3.8, 4) is 5.88 Å². The van der Waals surface area contributed by atoms with Crippen molar-refractivity contribution in [3.05, 3.63) is 30.2 Å². The van der Waals surface area contributed by atoms with Crippen LogP contribution in [0.3, 0.4) is 0 Å². The van der Waals surface area contributed by atoms with E-state index in [9.17, 15) is 13.6 Å². The van der Waals surface area contributed by atoms with Crippen molar-refractivity contribution in [2.24, 2.45) is 5.92 Å². The number of alkyl halides is 2. The van der Waals surface area contributed by atoms with Gasteiger partial charge in [0, 0.05) is 25.0 Å². The number of nitrogens with one attached hydrogen (secondary N) is 1. The Balaban J connectivity index is 1.76. The standard InChI is InChI=1S/C19H23F2N3O2/c1-12(2)15(25)5-3-4-13-10-22-17-16(13)18(24-11-23-17)26-14-6-8-19(20,21)9-7-14/h3,5,10-12,14H,4,6-9H2,1-2H3,(H,22,23,24)/b5-3+. The number of ketones is 1. The Morgan fingerprint density at radius 1 is 1.38 bits per heavy atom. The Kier molecular flexibility index (Phi) is 5.34. The molecule has 0 unspecified atom stereocenters. The number of nitrogens with zero attached hydrogens (tertiary/aromatic N) is 2. The van der Waals surface area contributed by atoms with E-state index < -0.39 is 5.92 Å². The maximum atomic E-state index is 13.3. The molecule has 0 bridgehead atoms. The molecule has 2 aromatic heterocycles. The van der Waals surface area contributed by atoms with E-state index in [2.05, 4.69) is 15.0 Å². The first-order chi connectivity index (χ1) is 12.4. The van der Waals surface area contributed by atoms with Crippen molar-refractivity contribution >= 4 is 16.8 Å². The lowest BCUT2D eigenvalue weighted by Gasteiger charge is -2.28. The topological polar surface area (TPSA) is 67.9 Å². The maximum absolute atomic E-state index is 13.3. The maximum Gasteiger partial charge on any atom is 0.248 e. The molecule has 2 aromatic rings. The van der Waals surface area contributed by atoms with Gasteiger partial charge in [-0.1, -0.05) is 19.9 Å². The van der Waals surface area contributed by atoms with Crippen LogP contribution in [0.5, 0.6) is 5.88 Å².